The average Bonchev–Trinajstić information content (AvgIpc) is 3.35. The molecule has 0 radical (unpaired) electrons. The van der Waals surface area contributed by atoms with E-state index in [-0.39, 0.29) is 5.91 Å². The Labute approximate surface area is 169 Å². The van der Waals surface area contributed by atoms with Gasteiger partial charge < -0.3 is 5.32 Å². The summed E-state index contributed by atoms with van der Waals surface area (Å²) in [5, 5.41) is 12.5. The molecular weight excluding hydrogens is 368 g/mol. The number of hydrogen-bond acceptors (Lipinski definition) is 5. The number of carbonyl (C=O) groups is 1. The topological polar surface area (TPSA) is 58.1 Å². The van der Waals surface area contributed by atoms with Crippen LogP contribution in [0.5, 0.6) is 0 Å². The molecule has 0 aliphatic heterocycles. The lowest BCUT2D eigenvalue weighted by Crippen LogP contribution is -2.22. The van der Waals surface area contributed by atoms with Gasteiger partial charge in [-0.3, -0.25) is 9.69 Å². The molecule has 1 amide bonds. The van der Waals surface area contributed by atoms with Crippen molar-refractivity contribution in [3.8, 4) is 0 Å². The second-order valence-corrected chi connectivity index (χ2v) is 8.24. The van der Waals surface area contributed by atoms with Crippen molar-refractivity contribution < 1.29 is 4.79 Å². The predicted octanol–water partition coefficient (Wildman–Crippen LogP) is 4.47. The van der Waals surface area contributed by atoms with Crippen LogP contribution in [0.1, 0.15) is 50.9 Å². The molecule has 0 spiro atoms. The van der Waals surface area contributed by atoms with Gasteiger partial charge in [0.1, 0.15) is 5.01 Å². The number of nitrogens with zero attached hydrogens (tertiary/aromatic N) is 3. The maximum atomic E-state index is 12.5. The normalized spacial score (nSPS) is 15.6. The van der Waals surface area contributed by atoms with Crippen LogP contribution in [0.25, 0.3) is 0 Å². The Balaban J connectivity index is 1.39. The Morgan fingerprint density at radius 1 is 1.18 bits per heavy atom. The number of aromatic nitrogens is 2. The molecule has 28 heavy (non-hydrogen) atoms. The summed E-state index contributed by atoms with van der Waals surface area (Å²) in [6.07, 6.45) is 3.22. The summed E-state index contributed by atoms with van der Waals surface area (Å²) in [4.78, 5) is 14.8. The summed E-state index contributed by atoms with van der Waals surface area (Å²) < 4.78 is 0. The van der Waals surface area contributed by atoms with Crippen LogP contribution in [-0.4, -0.2) is 28.1 Å². The van der Waals surface area contributed by atoms with Crippen molar-refractivity contribution in [2.45, 2.75) is 38.8 Å². The minimum atomic E-state index is -0.207. The third-order valence-corrected chi connectivity index (χ3v) is 6.21. The molecule has 2 aromatic carbocycles. The number of carbonyl (C=O) groups excluding carboxylic acids is 1. The average molecular weight is 393 g/mol. The Morgan fingerprint density at radius 3 is 2.75 bits per heavy atom. The van der Waals surface area contributed by atoms with E-state index >= 15 is 0 Å². The number of amides is 1. The maximum absolute atomic E-state index is 12.5. The third-order valence-electron chi connectivity index (χ3n) is 5.30. The molecule has 1 aliphatic carbocycles. The van der Waals surface area contributed by atoms with Gasteiger partial charge >= 0.3 is 0 Å². The molecule has 1 heterocycles. The Morgan fingerprint density at radius 2 is 1.96 bits per heavy atom. The molecule has 3 aromatic rings. The van der Waals surface area contributed by atoms with E-state index in [4.69, 9.17) is 0 Å². The van der Waals surface area contributed by atoms with E-state index in [1.54, 1.807) is 0 Å². The van der Waals surface area contributed by atoms with Crippen molar-refractivity contribution in [3.63, 3.8) is 0 Å². The lowest BCUT2D eigenvalue weighted by molar-refractivity contribution is 0.102. The van der Waals surface area contributed by atoms with Crippen molar-refractivity contribution in [2.75, 3.05) is 12.4 Å². The van der Waals surface area contributed by atoms with Crippen LogP contribution in [0, 0.1) is 0 Å². The van der Waals surface area contributed by atoms with E-state index in [2.05, 4.69) is 58.7 Å². The van der Waals surface area contributed by atoms with Gasteiger partial charge in [0.2, 0.25) is 5.01 Å². The second-order valence-electron chi connectivity index (χ2n) is 7.17. The van der Waals surface area contributed by atoms with E-state index in [9.17, 15) is 4.79 Å². The molecule has 144 valence electrons. The van der Waals surface area contributed by atoms with Crippen molar-refractivity contribution >= 4 is 22.9 Å². The van der Waals surface area contributed by atoms with Crippen molar-refractivity contribution in [2.24, 2.45) is 0 Å². The molecule has 4 rings (SSSR count). The quantitative estimate of drug-likeness (QED) is 0.672. The van der Waals surface area contributed by atoms with Crippen molar-refractivity contribution in [3.05, 3.63) is 75.2 Å². The van der Waals surface area contributed by atoms with Crippen molar-refractivity contribution in [1.29, 1.82) is 0 Å². The van der Waals surface area contributed by atoms with Crippen LogP contribution in [0.2, 0.25) is 0 Å². The molecule has 0 unspecified atom stereocenters. The van der Waals surface area contributed by atoms with E-state index < -0.39 is 0 Å². The molecule has 1 N–H and O–H groups in total. The molecule has 6 heteroatoms. The maximum Gasteiger partial charge on any atom is 0.286 e. The second kappa shape index (κ2) is 8.20. The van der Waals surface area contributed by atoms with E-state index in [0.717, 1.165) is 30.0 Å². The highest BCUT2D eigenvalue weighted by Crippen LogP contribution is 2.35. The summed E-state index contributed by atoms with van der Waals surface area (Å²) in [6, 6.07) is 16.9. The van der Waals surface area contributed by atoms with Crippen LogP contribution >= 0.6 is 11.3 Å². The lowest BCUT2D eigenvalue weighted by atomic mass is 10.1. The molecular formula is C22H24N4OS. The summed E-state index contributed by atoms with van der Waals surface area (Å²) >= 11 is 1.36. The highest BCUT2D eigenvalue weighted by molar-refractivity contribution is 7.13. The van der Waals surface area contributed by atoms with Gasteiger partial charge in [0.25, 0.3) is 5.91 Å². The van der Waals surface area contributed by atoms with Crippen LogP contribution in [0.3, 0.4) is 0 Å². The zero-order valence-corrected chi connectivity index (χ0v) is 17.0. The number of aryl methyl sites for hydroxylation is 2. The summed E-state index contributed by atoms with van der Waals surface area (Å²) in [6.45, 7) is 2.80. The Hall–Kier alpha value is -2.57. The summed E-state index contributed by atoms with van der Waals surface area (Å²) in [5.74, 6) is -0.207. The SMILES string of the molecule is CCc1ccc(NC(=O)c2nnc(CN(C)[C@@H]3CCc4ccccc43)s2)cc1. The van der Waals surface area contributed by atoms with E-state index in [1.165, 1.54) is 28.0 Å². The van der Waals surface area contributed by atoms with Gasteiger partial charge in [-0.05, 0) is 55.1 Å². The molecule has 1 aromatic heterocycles. The largest absolute Gasteiger partial charge is 0.320 e. The number of hydrogen-bond donors (Lipinski definition) is 1. The Kier molecular flexibility index (Phi) is 5.50. The number of benzene rings is 2. The fourth-order valence-corrected chi connectivity index (χ4v) is 4.53. The van der Waals surface area contributed by atoms with Gasteiger partial charge in [-0.2, -0.15) is 0 Å². The van der Waals surface area contributed by atoms with Gasteiger partial charge in [0.15, 0.2) is 0 Å². The van der Waals surface area contributed by atoms with Gasteiger partial charge in [0.05, 0.1) is 6.54 Å². The Bertz CT molecular complexity index is 967. The van der Waals surface area contributed by atoms with Crippen LogP contribution in [0.4, 0.5) is 5.69 Å². The minimum Gasteiger partial charge on any atom is -0.320 e. The monoisotopic (exact) mass is 392 g/mol. The minimum absolute atomic E-state index is 0.207. The smallest absolute Gasteiger partial charge is 0.286 e. The molecule has 0 saturated carbocycles. The number of nitrogens with one attached hydrogen (secondary N) is 1. The molecule has 1 aliphatic rings. The van der Waals surface area contributed by atoms with E-state index in [0.29, 0.717) is 17.6 Å². The fraction of sp³-hybridized carbons (Fsp3) is 0.318. The third kappa shape index (κ3) is 3.98. The number of anilines is 1. The van der Waals surface area contributed by atoms with Gasteiger partial charge in [-0.1, -0.05) is 54.7 Å². The van der Waals surface area contributed by atoms with Gasteiger partial charge in [-0.15, -0.1) is 10.2 Å². The molecule has 1 atom stereocenters. The van der Waals surface area contributed by atoms with Gasteiger partial charge in [-0.25, -0.2) is 0 Å². The molecule has 5 nitrogen and oxygen atoms in total. The molecule has 0 bridgehead atoms. The lowest BCUT2D eigenvalue weighted by Gasteiger charge is -2.23. The van der Waals surface area contributed by atoms with Crippen molar-refractivity contribution in [1.82, 2.24) is 15.1 Å². The summed E-state index contributed by atoms with van der Waals surface area (Å²) in [5.41, 5.74) is 4.86. The zero-order valence-electron chi connectivity index (χ0n) is 16.2. The fourth-order valence-electron chi connectivity index (χ4n) is 3.73. The van der Waals surface area contributed by atoms with Crippen LogP contribution in [-0.2, 0) is 19.4 Å². The summed E-state index contributed by atoms with van der Waals surface area (Å²) in [7, 11) is 2.11. The zero-order chi connectivity index (χ0) is 19.5. The van der Waals surface area contributed by atoms with Crippen LogP contribution in [0.15, 0.2) is 48.5 Å². The number of fused-ring (bicyclic) bond motifs is 1. The van der Waals surface area contributed by atoms with E-state index in [1.807, 2.05) is 24.3 Å². The first-order valence-electron chi connectivity index (χ1n) is 9.64. The van der Waals surface area contributed by atoms with Crippen LogP contribution < -0.4 is 5.32 Å². The highest BCUT2D eigenvalue weighted by Gasteiger charge is 2.26. The van der Waals surface area contributed by atoms with Gasteiger partial charge in [0, 0.05) is 11.7 Å². The molecule has 0 fully saturated rings. The first-order chi connectivity index (χ1) is 13.6. The standard InChI is InChI=1S/C22H24N4OS/c1-3-15-8-11-17(12-9-15)23-21(27)22-25-24-20(28-22)14-26(2)19-13-10-16-6-4-5-7-18(16)19/h4-9,11-12,19H,3,10,13-14H2,1-2H3,(H,23,27)/t19-/m1/s1. The first kappa shape index (κ1) is 18.8. The number of rotatable bonds is 6. The first-order valence-corrected chi connectivity index (χ1v) is 10.5. The molecule has 0 saturated heterocycles. The highest BCUT2D eigenvalue weighted by atomic mass is 32.1. The predicted molar refractivity (Wildman–Crippen MR) is 113 cm³/mol.